The zero-order valence-electron chi connectivity index (χ0n) is 13.7. The highest BCUT2D eigenvalue weighted by Gasteiger charge is 2.40. The summed E-state index contributed by atoms with van der Waals surface area (Å²) in [6.07, 6.45) is 0.662. The zero-order chi connectivity index (χ0) is 18.0. The molecule has 7 nitrogen and oxygen atoms in total. The topological polar surface area (TPSA) is 101 Å². The highest BCUT2D eigenvalue weighted by atomic mass is 19.1. The van der Waals surface area contributed by atoms with Gasteiger partial charge >= 0.3 is 5.97 Å². The highest BCUT2D eigenvalue weighted by molar-refractivity contribution is 6.00. The van der Waals surface area contributed by atoms with Crippen LogP contribution in [0.25, 0.3) is 10.9 Å². The van der Waals surface area contributed by atoms with Crippen molar-refractivity contribution in [3.8, 4) is 5.75 Å². The second-order valence-electron chi connectivity index (χ2n) is 6.10. The molecule has 1 aromatic heterocycles. The van der Waals surface area contributed by atoms with Crippen LogP contribution in [0.15, 0.2) is 18.2 Å². The van der Waals surface area contributed by atoms with E-state index < -0.39 is 23.1 Å². The molecule has 1 aliphatic rings. The Morgan fingerprint density at radius 2 is 2.12 bits per heavy atom. The predicted molar refractivity (Wildman–Crippen MR) is 87.3 cm³/mol. The Morgan fingerprint density at radius 1 is 1.40 bits per heavy atom. The molecule has 0 aliphatic carbocycles. The van der Waals surface area contributed by atoms with Crippen molar-refractivity contribution in [1.82, 2.24) is 10.3 Å². The molecular formula is C17H19FN2O5. The smallest absolute Gasteiger partial charge is 0.311 e. The molecule has 1 fully saturated rings. The van der Waals surface area contributed by atoms with Crippen molar-refractivity contribution >= 4 is 22.8 Å². The van der Waals surface area contributed by atoms with E-state index in [1.807, 2.05) is 0 Å². The largest absolute Gasteiger partial charge is 0.496 e. The number of hydrogen-bond donors (Lipinski definition) is 3. The summed E-state index contributed by atoms with van der Waals surface area (Å²) in [4.78, 5) is 26.7. The van der Waals surface area contributed by atoms with Gasteiger partial charge in [0.1, 0.15) is 17.3 Å². The van der Waals surface area contributed by atoms with Gasteiger partial charge in [0.15, 0.2) is 0 Å². The molecule has 1 aliphatic heterocycles. The van der Waals surface area contributed by atoms with Crippen molar-refractivity contribution in [2.24, 2.45) is 5.41 Å². The third kappa shape index (κ3) is 3.17. The maximum atomic E-state index is 13.9. The number of fused-ring (bicyclic) bond motifs is 1. The van der Waals surface area contributed by atoms with E-state index in [0.29, 0.717) is 37.2 Å². The Bertz CT molecular complexity index is 811. The van der Waals surface area contributed by atoms with Gasteiger partial charge in [0.25, 0.3) is 5.91 Å². The molecule has 0 bridgehead atoms. The van der Waals surface area contributed by atoms with Gasteiger partial charge in [-0.2, -0.15) is 0 Å². The molecule has 0 radical (unpaired) electrons. The van der Waals surface area contributed by atoms with Crippen molar-refractivity contribution in [2.45, 2.75) is 12.8 Å². The number of aromatic nitrogens is 1. The second kappa shape index (κ2) is 6.72. The first-order valence-corrected chi connectivity index (χ1v) is 7.91. The van der Waals surface area contributed by atoms with Crippen LogP contribution in [0.2, 0.25) is 0 Å². The van der Waals surface area contributed by atoms with Gasteiger partial charge in [-0.15, -0.1) is 0 Å². The lowest BCUT2D eigenvalue weighted by Crippen LogP contribution is -2.46. The number of aromatic amines is 1. The number of H-pyrrole nitrogens is 1. The lowest BCUT2D eigenvalue weighted by atomic mass is 9.80. The van der Waals surface area contributed by atoms with Crippen LogP contribution in [0.3, 0.4) is 0 Å². The molecule has 2 aromatic rings. The highest BCUT2D eigenvalue weighted by Crippen LogP contribution is 2.31. The summed E-state index contributed by atoms with van der Waals surface area (Å²) >= 11 is 0. The SMILES string of the molecule is COc1ccc(F)c2[nH]c(C(=O)NCC3(C(=O)O)CCOCC3)cc12. The molecule has 1 amide bonds. The number of halogens is 1. The molecule has 3 N–H and O–H groups in total. The van der Waals surface area contributed by atoms with Crippen LogP contribution < -0.4 is 10.1 Å². The Morgan fingerprint density at radius 3 is 2.76 bits per heavy atom. The first-order valence-electron chi connectivity index (χ1n) is 7.91. The normalized spacial score (nSPS) is 16.6. The monoisotopic (exact) mass is 350 g/mol. The summed E-state index contributed by atoms with van der Waals surface area (Å²) in [6, 6.07) is 4.22. The van der Waals surface area contributed by atoms with Gasteiger partial charge in [-0.1, -0.05) is 0 Å². The molecule has 0 spiro atoms. The first kappa shape index (κ1) is 17.2. The van der Waals surface area contributed by atoms with Gasteiger partial charge in [-0.25, -0.2) is 4.39 Å². The predicted octanol–water partition coefficient (Wildman–Crippen LogP) is 1.93. The lowest BCUT2D eigenvalue weighted by molar-refractivity contribution is -0.154. The van der Waals surface area contributed by atoms with Crippen molar-refractivity contribution in [3.05, 3.63) is 29.7 Å². The number of carbonyl (C=O) groups excluding carboxylic acids is 1. The standard InChI is InChI=1S/C17H19FN2O5/c1-24-13-3-2-11(18)14-10(13)8-12(20-14)15(21)19-9-17(16(22)23)4-6-25-7-5-17/h2-3,8,20H,4-7,9H2,1H3,(H,19,21)(H,22,23). The molecule has 0 atom stereocenters. The fourth-order valence-corrected chi connectivity index (χ4v) is 3.03. The van der Waals surface area contributed by atoms with Crippen LogP contribution in [0.5, 0.6) is 5.75 Å². The number of rotatable bonds is 5. The van der Waals surface area contributed by atoms with Gasteiger partial charge in [0, 0.05) is 25.1 Å². The van der Waals surface area contributed by atoms with Crippen LogP contribution in [0.4, 0.5) is 4.39 Å². The van der Waals surface area contributed by atoms with Gasteiger partial charge in [-0.05, 0) is 31.0 Å². The van der Waals surface area contributed by atoms with E-state index in [-0.39, 0.29) is 17.8 Å². The number of ether oxygens (including phenoxy) is 2. The lowest BCUT2D eigenvalue weighted by Gasteiger charge is -2.33. The number of amides is 1. The molecule has 0 saturated carbocycles. The Balaban J connectivity index is 1.80. The van der Waals surface area contributed by atoms with Crippen LogP contribution in [0.1, 0.15) is 23.3 Å². The fourth-order valence-electron chi connectivity index (χ4n) is 3.03. The number of carboxylic acid groups (broad SMARTS) is 1. The molecule has 0 unspecified atom stereocenters. The average molecular weight is 350 g/mol. The minimum absolute atomic E-state index is 0.0144. The Kier molecular flexibility index (Phi) is 4.63. The van der Waals surface area contributed by atoms with E-state index in [0.717, 1.165) is 0 Å². The number of carboxylic acids is 1. The molecule has 8 heteroatoms. The zero-order valence-corrected chi connectivity index (χ0v) is 13.7. The van der Waals surface area contributed by atoms with Gasteiger partial charge < -0.3 is 24.9 Å². The fraction of sp³-hybridized carbons (Fsp3) is 0.412. The first-order chi connectivity index (χ1) is 12.0. The van der Waals surface area contributed by atoms with Crippen LogP contribution in [-0.2, 0) is 9.53 Å². The molecular weight excluding hydrogens is 331 g/mol. The van der Waals surface area contributed by atoms with E-state index in [1.165, 1.54) is 25.3 Å². The van der Waals surface area contributed by atoms with Crippen LogP contribution >= 0.6 is 0 Å². The summed E-state index contributed by atoms with van der Waals surface area (Å²) in [7, 11) is 1.46. The maximum Gasteiger partial charge on any atom is 0.311 e. The summed E-state index contributed by atoms with van der Waals surface area (Å²) < 4.78 is 24.3. The third-order valence-electron chi connectivity index (χ3n) is 4.66. The van der Waals surface area contributed by atoms with E-state index in [1.54, 1.807) is 0 Å². The van der Waals surface area contributed by atoms with Crippen LogP contribution in [0, 0.1) is 11.2 Å². The van der Waals surface area contributed by atoms with Crippen LogP contribution in [-0.4, -0.2) is 48.8 Å². The summed E-state index contributed by atoms with van der Waals surface area (Å²) in [5.74, 6) is -1.51. The number of benzene rings is 1. The van der Waals surface area contributed by atoms with Gasteiger partial charge in [-0.3, -0.25) is 9.59 Å². The Hall–Kier alpha value is -2.61. The van der Waals surface area contributed by atoms with E-state index in [9.17, 15) is 19.1 Å². The molecule has 1 saturated heterocycles. The quantitative estimate of drug-likeness (QED) is 0.765. The molecule has 3 rings (SSSR count). The molecule has 25 heavy (non-hydrogen) atoms. The summed E-state index contributed by atoms with van der Waals surface area (Å²) in [5, 5.41) is 12.6. The summed E-state index contributed by atoms with van der Waals surface area (Å²) in [5.41, 5.74) is -0.724. The summed E-state index contributed by atoms with van der Waals surface area (Å²) in [6.45, 7) is 0.674. The molecule has 2 heterocycles. The maximum absolute atomic E-state index is 13.9. The van der Waals surface area contributed by atoms with Crippen molar-refractivity contribution in [2.75, 3.05) is 26.9 Å². The van der Waals surface area contributed by atoms with Crippen molar-refractivity contribution in [3.63, 3.8) is 0 Å². The van der Waals surface area contributed by atoms with E-state index in [4.69, 9.17) is 9.47 Å². The Labute approximate surface area is 143 Å². The van der Waals surface area contributed by atoms with Crippen molar-refractivity contribution in [1.29, 1.82) is 0 Å². The molecule has 134 valence electrons. The molecule has 1 aromatic carbocycles. The third-order valence-corrected chi connectivity index (χ3v) is 4.66. The number of aliphatic carboxylic acids is 1. The van der Waals surface area contributed by atoms with Crippen molar-refractivity contribution < 1.29 is 28.6 Å². The van der Waals surface area contributed by atoms with Gasteiger partial charge in [0.2, 0.25) is 0 Å². The second-order valence-corrected chi connectivity index (χ2v) is 6.10. The van der Waals surface area contributed by atoms with E-state index >= 15 is 0 Å². The number of carbonyl (C=O) groups is 2. The minimum atomic E-state index is -1.04. The number of nitrogens with one attached hydrogen (secondary N) is 2. The van der Waals surface area contributed by atoms with E-state index in [2.05, 4.69) is 10.3 Å². The number of methoxy groups -OCH3 is 1. The number of hydrogen-bond acceptors (Lipinski definition) is 4. The minimum Gasteiger partial charge on any atom is -0.496 e. The average Bonchev–Trinajstić information content (AvgIpc) is 3.07. The van der Waals surface area contributed by atoms with Gasteiger partial charge in [0.05, 0.1) is 18.0 Å².